The van der Waals surface area contributed by atoms with Crippen molar-refractivity contribution >= 4 is 11.7 Å². The number of amides is 1. The maximum Gasteiger partial charge on any atom is 0.239 e. The van der Waals surface area contributed by atoms with Gasteiger partial charge in [0.2, 0.25) is 5.91 Å². The average molecular weight is 235 g/mol. The highest BCUT2D eigenvalue weighted by Gasteiger charge is 2.20. The summed E-state index contributed by atoms with van der Waals surface area (Å²) in [4.78, 5) is 15.6. The van der Waals surface area contributed by atoms with Gasteiger partial charge in [-0.25, -0.2) is 4.98 Å². The Balaban J connectivity index is 1.81. The second kappa shape index (κ2) is 5.14. The Morgan fingerprint density at radius 1 is 1.53 bits per heavy atom. The van der Waals surface area contributed by atoms with Crippen molar-refractivity contribution in [3.63, 3.8) is 0 Å². The van der Waals surface area contributed by atoms with E-state index in [4.69, 9.17) is 0 Å². The predicted molar refractivity (Wildman–Crippen MR) is 64.9 cm³/mol. The van der Waals surface area contributed by atoms with Crippen LogP contribution >= 0.6 is 0 Å². The van der Waals surface area contributed by atoms with E-state index in [-0.39, 0.29) is 24.0 Å². The fraction of sp³-hybridized carbons (Fsp3) is 0.500. The van der Waals surface area contributed by atoms with Gasteiger partial charge in [-0.3, -0.25) is 4.79 Å². The molecule has 1 aliphatic carbocycles. The number of aromatic nitrogens is 1. The van der Waals surface area contributed by atoms with E-state index in [0.29, 0.717) is 0 Å². The Morgan fingerprint density at radius 2 is 2.29 bits per heavy atom. The molecule has 17 heavy (non-hydrogen) atoms. The summed E-state index contributed by atoms with van der Waals surface area (Å²) in [6.45, 7) is 2.95. The minimum Gasteiger partial charge on any atom is -0.504 e. The van der Waals surface area contributed by atoms with Gasteiger partial charge in [0.05, 0.1) is 6.54 Å². The van der Waals surface area contributed by atoms with E-state index in [2.05, 4.69) is 15.6 Å². The second-order valence-electron chi connectivity index (χ2n) is 4.44. The van der Waals surface area contributed by atoms with Crippen molar-refractivity contribution in [3.8, 4) is 5.75 Å². The van der Waals surface area contributed by atoms with Crippen LogP contribution in [0.5, 0.6) is 5.75 Å². The molecule has 92 valence electrons. The molecule has 0 spiro atoms. The van der Waals surface area contributed by atoms with Crippen LogP contribution in [0.3, 0.4) is 0 Å². The third-order valence-corrected chi connectivity index (χ3v) is 2.69. The van der Waals surface area contributed by atoms with Crippen LogP contribution in [0.4, 0.5) is 5.82 Å². The number of hydrogen-bond acceptors (Lipinski definition) is 4. The van der Waals surface area contributed by atoms with Gasteiger partial charge in [0, 0.05) is 5.69 Å². The number of carbonyl (C=O) groups is 1. The van der Waals surface area contributed by atoms with E-state index >= 15 is 0 Å². The molecule has 0 aliphatic heterocycles. The molecule has 5 heteroatoms. The van der Waals surface area contributed by atoms with Gasteiger partial charge >= 0.3 is 0 Å². The highest BCUT2D eigenvalue weighted by atomic mass is 16.3. The van der Waals surface area contributed by atoms with Crippen molar-refractivity contribution in [2.24, 2.45) is 5.92 Å². The third kappa shape index (κ3) is 3.71. The zero-order valence-electron chi connectivity index (χ0n) is 9.86. The molecule has 1 aromatic heterocycles. The van der Waals surface area contributed by atoms with Crippen molar-refractivity contribution in [2.75, 3.05) is 18.4 Å². The number of hydrogen-bond donors (Lipinski definition) is 3. The molecule has 5 nitrogen and oxygen atoms in total. The molecule has 0 saturated heterocycles. The zero-order chi connectivity index (χ0) is 12.3. The minimum absolute atomic E-state index is 0.00820. The van der Waals surface area contributed by atoms with Crippen LogP contribution in [0.2, 0.25) is 0 Å². The summed E-state index contributed by atoms with van der Waals surface area (Å²) in [5, 5.41) is 15.2. The number of nitrogens with zero attached hydrogens (tertiary/aromatic N) is 1. The molecule has 1 fully saturated rings. The summed E-state index contributed by atoms with van der Waals surface area (Å²) >= 11 is 0. The molecular formula is C12H17N3O2. The molecule has 2 rings (SSSR count). The lowest BCUT2D eigenvalue weighted by Gasteiger charge is -2.07. The van der Waals surface area contributed by atoms with Gasteiger partial charge < -0.3 is 15.7 Å². The van der Waals surface area contributed by atoms with E-state index in [0.717, 1.165) is 18.2 Å². The van der Waals surface area contributed by atoms with Gasteiger partial charge in [-0.15, -0.1) is 0 Å². The number of nitrogens with one attached hydrogen (secondary N) is 2. The molecule has 1 saturated carbocycles. The van der Waals surface area contributed by atoms with Gasteiger partial charge in [0.1, 0.15) is 0 Å². The molecule has 3 N–H and O–H groups in total. The van der Waals surface area contributed by atoms with Crippen molar-refractivity contribution < 1.29 is 9.90 Å². The van der Waals surface area contributed by atoms with Gasteiger partial charge in [-0.2, -0.15) is 0 Å². The van der Waals surface area contributed by atoms with Crippen LogP contribution in [0.15, 0.2) is 12.1 Å². The molecule has 1 aliphatic rings. The maximum absolute atomic E-state index is 11.6. The molecule has 1 amide bonds. The Kier molecular flexibility index (Phi) is 3.58. The van der Waals surface area contributed by atoms with Crippen molar-refractivity contribution in [3.05, 3.63) is 17.8 Å². The molecule has 0 atom stereocenters. The Hall–Kier alpha value is -1.62. The van der Waals surface area contributed by atoms with Gasteiger partial charge in [-0.05, 0) is 44.4 Å². The fourth-order valence-corrected chi connectivity index (χ4v) is 1.53. The van der Waals surface area contributed by atoms with Crippen LogP contribution in [0.25, 0.3) is 0 Å². The number of rotatable bonds is 5. The lowest BCUT2D eigenvalue weighted by Crippen LogP contribution is -2.29. The topological polar surface area (TPSA) is 74.2 Å². The Morgan fingerprint density at radius 3 is 3.00 bits per heavy atom. The summed E-state index contributed by atoms with van der Waals surface area (Å²) in [6, 6.07) is 3.21. The quantitative estimate of drug-likeness (QED) is 0.712. The predicted octanol–water partition coefficient (Wildman–Crippen LogP) is 1.03. The van der Waals surface area contributed by atoms with E-state index in [1.54, 1.807) is 13.0 Å². The summed E-state index contributed by atoms with van der Waals surface area (Å²) in [5.41, 5.74) is 0.754. The lowest BCUT2D eigenvalue weighted by molar-refractivity contribution is -0.115. The summed E-state index contributed by atoms with van der Waals surface area (Å²) in [6.07, 6.45) is 2.52. The number of carbonyl (C=O) groups excluding carboxylic acids is 1. The summed E-state index contributed by atoms with van der Waals surface area (Å²) in [7, 11) is 0. The first-order chi connectivity index (χ1) is 8.15. The SMILES string of the molecule is Cc1ccc(O)c(NC(=O)CNCC2CC2)n1. The normalized spacial score (nSPS) is 14.6. The van der Waals surface area contributed by atoms with Crippen molar-refractivity contribution in [1.82, 2.24) is 10.3 Å². The fourth-order valence-electron chi connectivity index (χ4n) is 1.53. The second-order valence-corrected chi connectivity index (χ2v) is 4.44. The lowest BCUT2D eigenvalue weighted by atomic mass is 10.3. The smallest absolute Gasteiger partial charge is 0.239 e. The molecule has 1 aromatic rings. The summed E-state index contributed by atoms with van der Waals surface area (Å²) < 4.78 is 0. The average Bonchev–Trinajstić information content (AvgIpc) is 3.07. The highest BCUT2D eigenvalue weighted by molar-refractivity contribution is 5.92. The van der Waals surface area contributed by atoms with E-state index in [1.807, 2.05) is 0 Å². The van der Waals surface area contributed by atoms with Gasteiger partial charge in [-0.1, -0.05) is 0 Å². The van der Waals surface area contributed by atoms with Crippen LogP contribution in [-0.2, 0) is 4.79 Å². The van der Waals surface area contributed by atoms with E-state index < -0.39 is 0 Å². The Bertz CT molecular complexity index is 416. The first-order valence-electron chi connectivity index (χ1n) is 5.82. The standard InChI is InChI=1S/C12H17N3O2/c1-8-2-5-10(16)12(14-8)15-11(17)7-13-6-9-3-4-9/h2,5,9,13,16H,3-4,6-7H2,1H3,(H,14,15,17). The van der Waals surface area contributed by atoms with E-state index in [1.165, 1.54) is 18.9 Å². The van der Waals surface area contributed by atoms with Crippen LogP contribution in [0.1, 0.15) is 18.5 Å². The zero-order valence-corrected chi connectivity index (χ0v) is 9.86. The first kappa shape index (κ1) is 11.9. The van der Waals surface area contributed by atoms with Crippen molar-refractivity contribution in [1.29, 1.82) is 0 Å². The van der Waals surface area contributed by atoms with Crippen molar-refractivity contribution in [2.45, 2.75) is 19.8 Å². The number of aromatic hydroxyl groups is 1. The largest absolute Gasteiger partial charge is 0.504 e. The van der Waals surface area contributed by atoms with Gasteiger partial charge in [0.15, 0.2) is 11.6 Å². The summed E-state index contributed by atoms with van der Waals surface area (Å²) in [5.74, 6) is 0.779. The van der Waals surface area contributed by atoms with E-state index in [9.17, 15) is 9.90 Å². The monoisotopic (exact) mass is 235 g/mol. The molecule has 0 unspecified atom stereocenters. The molecule has 0 bridgehead atoms. The first-order valence-corrected chi connectivity index (χ1v) is 5.82. The van der Waals surface area contributed by atoms with Gasteiger partial charge in [0.25, 0.3) is 0 Å². The molecule has 0 radical (unpaired) electrons. The van der Waals surface area contributed by atoms with Crippen LogP contribution < -0.4 is 10.6 Å². The molecular weight excluding hydrogens is 218 g/mol. The van der Waals surface area contributed by atoms with Crippen LogP contribution in [0, 0.1) is 12.8 Å². The molecule has 0 aromatic carbocycles. The third-order valence-electron chi connectivity index (χ3n) is 2.69. The minimum atomic E-state index is -0.181. The molecule has 1 heterocycles. The van der Waals surface area contributed by atoms with Crippen LogP contribution in [-0.4, -0.2) is 29.1 Å². The highest BCUT2D eigenvalue weighted by Crippen LogP contribution is 2.27. The number of aryl methyl sites for hydroxylation is 1. The number of pyridine rings is 1. The maximum atomic E-state index is 11.6. The number of anilines is 1. The Labute approximate surface area is 100 Å².